The van der Waals surface area contributed by atoms with Crippen molar-refractivity contribution < 1.29 is 9.53 Å². The Labute approximate surface area is 144 Å². The van der Waals surface area contributed by atoms with Gasteiger partial charge in [0, 0.05) is 24.7 Å². The van der Waals surface area contributed by atoms with Gasteiger partial charge in [-0.1, -0.05) is 30.3 Å². The largest absolute Gasteiger partial charge is 0.381 e. The van der Waals surface area contributed by atoms with Gasteiger partial charge in [-0.3, -0.25) is 4.79 Å². The van der Waals surface area contributed by atoms with Crippen LogP contribution in [0.15, 0.2) is 30.3 Å². The molecule has 1 atom stereocenters. The van der Waals surface area contributed by atoms with Crippen LogP contribution < -0.4 is 10.6 Å². The van der Waals surface area contributed by atoms with Gasteiger partial charge >= 0.3 is 0 Å². The lowest BCUT2D eigenvalue weighted by molar-refractivity contribution is -0.126. The standard InChI is InChI=1S/C20H28N2O2/c23-18(17-15-19(17)6-10-21-11-7-19)22-20(8-12-24-13-9-20)14-16-4-2-1-3-5-16/h1-5,17,21H,6-15H2,(H,22,23). The lowest BCUT2D eigenvalue weighted by Gasteiger charge is -2.38. The van der Waals surface area contributed by atoms with Crippen molar-refractivity contribution in [3.8, 4) is 0 Å². The van der Waals surface area contributed by atoms with E-state index in [4.69, 9.17) is 4.74 Å². The minimum atomic E-state index is -0.132. The van der Waals surface area contributed by atoms with Crippen LogP contribution in [0.2, 0.25) is 0 Å². The van der Waals surface area contributed by atoms with Crippen LogP contribution in [0.3, 0.4) is 0 Å². The molecule has 4 nitrogen and oxygen atoms in total. The number of carbonyl (C=O) groups excluding carboxylic acids is 1. The SMILES string of the molecule is O=C(NC1(Cc2ccccc2)CCOCC1)C1CC12CCNCC2. The second kappa shape index (κ2) is 6.49. The van der Waals surface area contributed by atoms with Gasteiger partial charge in [0.05, 0.1) is 0 Å². The molecule has 3 aliphatic rings. The Bertz CT molecular complexity index is 575. The van der Waals surface area contributed by atoms with E-state index in [1.165, 1.54) is 5.56 Å². The Kier molecular flexibility index (Phi) is 4.35. The van der Waals surface area contributed by atoms with Crippen LogP contribution >= 0.6 is 0 Å². The van der Waals surface area contributed by atoms with E-state index in [2.05, 4.69) is 34.9 Å². The van der Waals surface area contributed by atoms with E-state index in [0.29, 0.717) is 5.41 Å². The summed E-state index contributed by atoms with van der Waals surface area (Å²) in [5, 5.41) is 6.89. The summed E-state index contributed by atoms with van der Waals surface area (Å²) in [6.45, 7) is 3.61. The first kappa shape index (κ1) is 16.1. The van der Waals surface area contributed by atoms with Crippen LogP contribution in [0.5, 0.6) is 0 Å². The molecule has 2 heterocycles. The third-order valence-corrected chi connectivity index (χ3v) is 6.33. The topological polar surface area (TPSA) is 50.4 Å². The van der Waals surface area contributed by atoms with Gasteiger partial charge in [0.2, 0.25) is 5.91 Å². The monoisotopic (exact) mass is 328 g/mol. The molecule has 1 aromatic rings. The minimum absolute atomic E-state index is 0.132. The number of amides is 1. The number of rotatable bonds is 4. The Hall–Kier alpha value is -1.39. The van der Waals surface area contributed by atoms with Gasteiger partial charge in [-0.15, -0.1) is 0 Å². The molecule has 0 bridgehead atoms. The molecule has 1 aromatic carbocycles. The summed E-state index contributed by atoms with van der Waals surface area (Å²) in [5.41, 5.74) is 1.47. The summed E-state index contributed by atoms with van der Waals surface area (Å²) in [7, 11) is 0. The summed E-state index contributed by atoms with van der Waals surface area (Å²) in [6, 6.07) is 10.5. The van der Waals surface area contributed by atoms with Gasteiger partial charge in [0.15, 0.2) is 0 Å². The number of benzene rings is 1. The van der Waals surface area contributed by atoms with Gasteiger partial charge in [0.1, 0.15) is 0 Å². The summed E-state index contributed by atoms with van der Waals surface area (Å²) < 4.78 is 5.57. The fourth-order valence-corrected chi connectivity index (χ4v) is 4.64. The van der Waals surface area contributed by atoms with Crippen LogP contribution in [0.1, 0.15) is 37.7 Å². The lowest BCUT2D eigenvalue weighted by atomic mass is 9.83. The third kappa shape index (κ3) is 3.22. The van der Waals surface area contributed by atoms with E-state index < -0.39 is 0 Å². The van der Waals surface area contributed by atoms with Crippen LogP contribution in [0.4, 0.5) is 0 Å². The van der Waals surface area contributed by atoms with Crippen LogP contribution in [0.25, 0.3) is 0 Å². The quantitative estimate of drug-likeness (QED) is 0.891. The molecule has 2 saturated heterocycles. The summed E-state index contributed by atoms with van der Waals surface area (Å²) in [6.07, 6.45) is 6.12. The average molecular weight is 328 g/mol. The maximum absolute atomic E-state index is 13.0. The van der Waals surface area contributed by atoms with Crippen LogP contribution in [-0.4, -0.2) is 37.7 Å². The summed E-state index contributed by atoms with van der Waals surface area (Å²) in [4.78, 5) is 13.0. The van der Waals surface area contributed by atoms with Gasteiger partial charge in [0.25, 0.3) is 0 Å². The first-order valence-corrected chi connectivity index (χ1v) is 9.36. The van der Waals surface area contributed by atoms with Crippen molar-refractivity contribution in [2.45, 2.75) is 44.1 Å². The van der Waals surface area contributed by atoms with E-state index in [0.717, 1.165) is 64.8 Å². The number of ether oxygens (including phenoxy) is 1. The third-order valence-electron chi connectivity index (χ3n) is 6.33. The molecule has 0 aromatic heterocycles. The predicted molar refractivity (Wildman–Crippen MR) is 93.7 cm³/mol. The number of hydrogen-bond acceptors (Lipinski definition) is 3. The molecule has 2 N–H and O–H groups in total. The molecule has 1 aliphatic carbocycles. The zero-order valence-electron chi connectivity index (χ0n) is 14.4. The number of hydrogen-bond donors (Lipinski definition) is 2. The van der Waals surface area contributed by atoms with Crippen molar-refractivity contribution in [2.24, 2.45) is 11.3 Å². The molecule has 1 saturated carbocycles. The number of piperidine rings is 1. The van der Waals surface area contributed by atoms with Gasteiger partial charge in [-0.25, -0.2) is 0 Å². The van der Waals surface area contributed by atoms with E-state index in [1.54, 1.807) is 0 Å². The van der Waals surface area contributed by atoms with Crippen molar-refractivity contribution in [2.75, 3.05) is 26.3 Å². The number of nitrogens with one attached hydrogen (secondary N) is 2. The molecule has 3 fully saturated rings. The van der Waals surface area contributed by atoms with Crippen molar-refractivity contribution in [1.82, 2.24) is 10.6 Å². The molecule has 2 aliphatic heterocycles. The zero-order chi connectivity index (χ0) is 16.5. The molecule has 24 heavy (non-hydrogen) atoms. The lowest BCUT2D eigenvalue weighted by Crippen LogP contribution is -2.54. The maximum atomic E-state index is 13.0. The molecule has 4 rings (SSSR count). The highest BCUT2D eigenvalue weighted by atomic mass is 16.5. The summed E-state index contributed by atoms with van der Waals surface area (Å²) >= 11 is 0. The Balaban J connectivity index is 1.45. The first-order chi connectivity index (χ1) is 11.7. The zero-order valence-corrected chi connectivity index (χ0v) is 14.4. The normalized spacial score (nSPS) is 27.6. The average Bonchev–Trinajstić information content (AvgIpc) is 3.30. The summed E-state index contributed by atoms with van der Waals surface area (Å²) in [5.74, 6) is 0.518. The second-order valence-corrected chi connectivity index (χ2v) is 7.91. The van der Waals surface area contributed by atoms with Crippen molar-refractivity contribution in [3.63, 3.8) is 0 Å². The molecule has 130 valence electrons. The maximum Gasteiger partial charge on any atom is 0.224 e. The smallest absolute Gasteiger partial charge is 0.224 e. The highest BCUT2D eigenvalue weighted by molar-refractivity contribution is 5.83. The van der Waals surface area contributed by atoms with E-state index in [9.17, 15) is 4.79 Å². The van der Waals surface area contributed by atoms with Crippen LogP contribution in [0, 0.1) is 11.3 Å². The van der Waals surface area contributed by atoms with E-state index in [1.807, 2.05) is 6.07 Å². The molecule has 4 heteroatoms. The predicted octanol–water partition coefficient (Wildman–Crippen LogP) is 2.28. The van der Waals surface area contributed by atoms with Crippen molar-refractivity contribution in [3.05, 3.63) is 35.9 Å². The molecule has 1 amide bonds. The van der Waals surface area contributed by atoms with Crippen molar-refractivity contribution >= 4 is 5.91 Å². The Morgan fingerprint density at radius 3 is 2.54 bits per heavy atom. The van der Waals surface area contributed by atoms with Gasteiger partial charge < -0.3 is 15.4 Å². The number of carbonyl (C=O) groups is 1. The van der Waals surface area contributed by atoms with Gasteiger partial charge in [-0.2, -0.15) is 0 Å². The first-order valence-electron chi connectivity index (χ1n) is 9.36. The fraction of sp³-hybridized carbons (Fsp3) is 0.650. The molecule has 0 radical (unpaired) electrons. The van der Waals surface area contributed by atoms with Crippen molar-refractivity contribution in [1.29, 1.82) is 0 Å². The molecule has 1 spiro atoms. The fourth-order valence-electron chi connectivity index (χ4n) is 4.64. The highest BCUT2D eigenvalue weighted by Crippen LogP contribution is 2.58. The molecular formula is C20H28N2O2. The second-order valence-electron chi connectivity index (χ2n) is 7.91. The highest BCUT2D eigenvalue weighted by Gasteiger charge is 2.58. The Morgan fingerprint density at radius 2 is 1.83 bits per heavy atom. The van der Waals surface area contributed by atoms with Gasteiger partial charge in [-0.05, 0) is 62.6 Å². The Morgan fingerprint density at radius 1 is 1.12 bits per heavy atom. The van der Waals surface area contributed by atoms with E-state index in [-0.39, 0.29) is 17.4 Å². The molecule has 1 unspecified atom stereocenters. The van der Waals surface area contributed by atoms with E-state index >= 15 is 0 Å². The molecular weight excluding hydrogens is 300 g/mol. The van der Waals surface area contributed by atoms with Crippen LogP contribution in [-0.2, 0) is 16.0 Å². The minimum Gasteiger partial charge on any atom is -0.381 e.